The van der Waals surface area contributed by atoms with Crippen molar-refractivity contribution in [1.82, 2.24) is 10.2 Å². The van der Waals surface area contributed by atoms with Crippen molar-refractivity contribution in [2.24, 2.45) is 5.92 Å². The second-order valence-electron chi connectivity index (χ2n) is 5.68. The van der Waals surface area contributed by atoms with Crippen LogP contribution in [0.1, 0.15) is 18.4 Å². The molecular formula is C16H24ClFN2O. The maximum atomic E-state index is 13.9. The molecule has 0 aliphatic carbocycles. The van der Waals surface area contributed by atoms with Crippen LogP contribution in [0.5, 0.6) is 0 Å². The van der Waals surface area contributed by atoms with E-state index in [1.54, 1.807) is 19.2 Å². The minimum Gasteiger partial charge on any atom is -0.383 e. The molecule has 0 amide bonds. The zero-order valence-corrected chi connectivity index (χ0v) is 13.3. The summed E-state index contributed by atoms with van der Waals surface area (Å²) in [7, 11) is 1.71. The summed E-state index contributed by atoms with van der Waals surface area (Å²) in [6.07, 6.45) is 2.41. The van der Waals surface area contributed by atoms with E-state index in [0.717, 1.165) is 38.3 Å². The Morgan fingerprint density at radius 1 is 1.48 bits per heavy atom. The summed E-state index contributed by atoms with van der Waals surface area (Å²) in [5.74, 6) is 0.425. The molecule has 1 aliphatic heterocycles. The van der Waals surface area contributed by atoms with Crippen molar-refractivity contribution < 1.29 is 9.13 Å². The van der Waals surface area contributed by atoms with E-state index >= 15 is 0 Å². The molecule has 0 aromatic heterocycles. The summed E-state index contributed by atoms with van der Waals surface area (Å²) in [5, 5.41) is 3.87. The van der Waals surface area contributed by atoms with Crippen LogP contribution in [0.15, 0.2) is 18.2 Å². The van der Waals surface area contributed by atoms with E-state index in [1.165, 1.54) is 18.9 Å². The summed E-state index contributed by atoms with van der Waals surface area (Å²) in [6, 6.07) is 4.94. The van der Waals surface area contributed by atoms with Crippen LogP contribution in [0, 0.1) is 11.7 Å². The second-order valence-corrected chi connectivity index (χ2v) is 6.11. The number of methoxy groups -OCH3 is 1. The van der Waals surface area contributed by atoms with Gasteiger partial charge in [0.2, 0.25) is 0 Å². The molecule has 0 bridgehead atoms. The number of rotatable bonds is 7. The molecule has 2 rings (SSSR count). The highest BCUT2D eigenvalue weighted by atomic mass is 35.5. The van der Waals surface area contributed by atoms with E-state index in [2.05, 4.69) is 10.2 Å². The lowest BCUT2D eigenvalue weighted by Crippen LogP contribution is -2.39. The zero-order valence-electron chi connectivity index (χ0n) is 12.6. The van der Waals surface area contributed by atoms with Crippen LogP contribution in [-0.4, -0.2) is 44.8 Å². The van der Waals surface area contributed by atoms with Gasteiger partial charge in [-0.3, -0.25) is 4.90 Å². The van der Waals surface area contributed by atoms with Crippen LogP contribution in [0.25, 0.3) is 0 Å². The lowest BCUT2D eigenvalue weighted by Gasteiger charge is -2.33. The third kappa shape index (κ3) is 5.55. The van der Waals surface area contributed by atoms with Gasteiger partial charge in [0.25, 0.3) is 0 Å². The maximum absolute atomic E-state index is 13.9. The van der Waals surface area contributed by atoms with Crippen LogP contribution in [0.4, 0.5) is 4.39 Å². The fraction of sp³-hybridized carbons (Fsp3) is 0.625. The summed E-state index contributed by atoms with van der Waals surface area (Å²) in [6.45, 7) is 5.35. The van der Waals surface area contributed by atoms with Gasteiger partial charge in [0.05, 0.1) is 6.61 Å². The average Bonchev–Trinajstić information content (AvgIpc) is 2.47. The van der Waals surface area contributed by atoms with Crippen molar-refractivity contribution in [2.75, 3.05) is 39.9 Å². The number of hydrogen-bond acceptors (Lipinski definition) is 3. The Bertz CT molecular complexity index is 444. The number of benzene rings is 1. The highest BCUT2D eigenvalue weighted by molar-refractivity contribution is 6.30. The lowest BCUT2D eigenvalue weighted by atomic mass is 9.97. The summed E-state index contributed by atoms with van der Waals surface area (Å²) >= 11 is 5.79. The first-order chi connectivity index (χ1) is 10.2. The molecule has 1 aromatic carbocycles. The minimum atomic E-state index is -0.206. The number of likely N-dealkylation sites (tertiary alicyclic amines) is 1. The Labute approximate surface area is 131 Å². The molecule has 3 nitrogen and oxygen atoms in total. The SMILES string of the molecule is COCCNCC1CCCN(Cc2ccc(Cl)cc2F)C1. The number of nitrogens with one attached hydrogen (secondary N) is 1. The van der Waals surface area contributed by atoms with Crippen molar-refractivity contribution in [1.29, 1.82) is 0 Å². The average molecular weight is 315 g/mol. The molecule has 5 heteroatoms. The van der Waals surface area contributed by atoms with Crippen LogP contribution >= 0.6 is 11.6 Å². The molecule has 1 aliphatic rings. The van der Waals surface area contributed by atoms with Gasteiger partial charge in [0.1, 0.15) is 5.82 Å². The molecule has 1 aromatic rings. The molecule has 1 atom stereocenters. The van der Waals surface area contributed by atoms with Crippen molar-refractivity contribution in [2.45, 2.75) is 19.4 Å². The monoisotopic (exact) mass is 314 g/mol. The molecule has 118 valence electrons. The normalized spacial score (nSPS) is 19.9. The fourth-order valence-corrected chi connectivity index (χ4v) is 2.99. The molecule has 1 fully saturated rings. The van der Waals surface area contributed by atoms with Gasteiger partial charge < -0.3 is 10.1 Å². The summed E-state index contributed by atoms with van der Waals surface area (Å²) in [5.41, 5.74) is 0.729. The zero-order chi connectivity index (χ0) is 15.1. The molecule has 0 radical (unpaired) electrons. The Kier molecular flexibility index (Phi) is 6.90. The number of ether oxygens (including phenoxy) is 1. The minimum absolute atomic E-state index is 0.206. The first-order valence-electron chi connectivity index (χ1n) is 7.55. The fourth-order valence-electron chi connectivity index (χ4n) is 2.83. The van der Waals surface area contributed by atoms with Crippen LogP contribution in [0.2, 0.25) is 5.02 Å². The van der Waals surface area contributed by atoms with E-state index < -0.39 is 0 Å². The molecule has 0 spiro atoms. The molecule has 1 saturated heterocycles. The second kappa shape index (κ2) is 8.69. The smallest absolute Gasteiger partial charge is 0.129 e. The highest BCUT2D eigenvalue weighted by Crippen LogP contribution is 2.21. The van der Waals surface area contributed by atoms with E-state index in [-0.39, 0.29) is 5.82 Å². The van der Waals surface area contributed by atoms with Crippen LogP contribution < -0.4 is 5.32 Å². The van der Waals surface area contributed by atoms with Gasteiger partial charge in [-0.15, -0.1) is 0 Å². The number of nitrogens with zero attached hydrogens (tertiary/aromatic N) is 1. The van der Waals surface area contributed by atoms with Gasteiger partial charge in [-0.1, -0.05) is 17.7 Å². The van der Waals surface area contributed by atoms with Gasteiger partial charge in [0.15, 0.2) is 0 Å². The largest absolute Gasteiger partial charge is 0.383 e. The molecule has 1 N–H and O–H groups in total. The maximum Gasteiger partial charge on any atom is 0.129 e. The lowest BCUT2D eigenvalue weighted by molar-refractivity contribution is 0.158. The van der Waals surface area contributed by atoms with Gasteiger partial charge in [-0.25, -0.2) is 4.39 Å². The standard InChI is InChI=1S/C16H24ClFN2O/c1-21-8-6-19-10-13-3-2-7-20(11-13)12-14-4-5-15(17)9-16(14)18/h4-5,9,13,19H,2-3,6-8,10-12H2,1H3. The third-order valence-electron chi connectivity index (χ3n) is 3.93. The van der Waals surface area contributed by atoms with Crippen LogP contribution in [0.3, 0.4) is 0 Å². The Balaban J connectivity index is 1.80. The first-order valence-corrected chi connectivity index (χ1v) is 7.92. The van der Waals surface area contributed by atoms with Gasteiger partial charge in [-0.05, 0) is 44.0 Å². The first kappa shape index (κ1) is 16.7. The predicted octanol–water partition coefficient (Wildman–Crippen LogP) is 2.93. The number of piperidine rings is 1. The third-order valence-corrected chi connectivity index (χ3v) is 4.16. The highest BCUT2D eigenvalue weighted by Gasteiger charge is 2.20. The van der Waals surface area contributed by atoms with Crippen molar-refractivity contribution in [3.05, 3.63) is 34.6 Å². The van der Waals surface area contributed by atoms with Gasteiger partial charge >= 0.3 is 0 Å². The summed E-state index contributed by atoms with van der Waals surface area (Å²) in [4.78, 5) is 2.33. The van der Waals surface area contributed by atoms with E-state index in [0.29, 0.717) is 17.5 Å². The van der Waals surface area contributed by atoms with E-state index in [1.807, 2.05) is 0 Å². The van der Waals surface area contributed by atoms with Crippen molar-refractivity contribution in [3.63, 3.8) is 0 Å². The number of hydrogen-bond donors (Lipinski definition) is 1. The molecular weight excluding hydrogens is 291 g/mol. The van der Waals surface area contributed by atoms with Gasteiger partial charge in [0, 0.05) is 37.3 Å². The van der Waals surface area contributed by atoms with Crippen LogP contribution in [-0.2, 0) is 11.3 Å². The quantitative estimate of drug-likeness (QED) is 0.783. The molecule has 1 unspecified atom stereocenters. The van der Waals surface area contributed by atoms with Gasteiger partial charge in [-0.2, -0.15) is 0 Å². The van der Waals surface area contributed by atoms with Crippen molar-refractivity contribution in [3.8, 4) is 0 Å². The predicted molar refractivity (Wildman–Crippen MR) is 84.2 cm³/mol. The molecule has 0 saturated carbocycles. The van der Waals surface area contributed by atoms with E-state index in [9.17, 15) is 4.39 Å². The molecule has 1 heterocycles. The summed E-state index contributed by atoms with van der Waals surface area (Å²) < 4.78 is 18.9. The van der Waals surface area contributed by atoms with Crippen molar-refractivity contribution >= 4 is 11.6 Å². The Morgan fingerprint density at radius 2 is 2.33 bits per heavy atom. The van der Waals surface area contributed by atoms with E-state index in [4.69, 9.17) is 16.3 Å². The Hall–Kier alpha value is -0.680. The molecule has 21 heavy (non-hydrogen) atoms. The topological polar surface area (TPSA) is 24.5 Å². The number of halogens is 2. The Morgan fingerprint density at radius 3 is 3.10 bits per heavy atom.